The van der Waals surface area contributed by atoms with Gasteiger partial charge in [0.05, 0.1) is 13.1 Å². The van der Waals surface area contributed by atoms with Crippen molar-refractivity contribution >= 4 is 11.9 Å². The highest BCUT2D eigenvalue weighted by molar-refractivity contribution is 5.69. The Bertz CT molecular complexity index is 348. The molecule has 0 radical (unpaired) electrons. The standard InChI is InChI=1S/C15H30N4O4/c1-3-17-8-10-18(12-14(20)21)6-4-16(2)5-7-19(11-9-17)13-15(22)23/h3-13H2,1-2H3,(H,20,21)(H,22,23). The second-order valence-corrected chi connectivity index (χ2v) is 6.08. The van der Waals surface area contributed by atoms with Crippen molar-refractivity contribution in [2.24, 2.45) is 0 Å². The van der Waals surface area contributed by atoms with Gasteiger partial charge in [-0.1, -0.05) is 6.92 Å². The maximum absolute atomic E-state index is 11.0. The van der Waals surface area contributed by atoms with E-state index in [-0.39, 0.29) is 13.1 Å². The lowest BCUT2D eigenvalue weighted by Gasteiger charge is -2.31. The van der Waals surface area contributed by atoms with E-state index < -0.39 is 11.9 Å². The summed E-state index contributed by atoms with van der Waals surface area (Å²) in [6.45, 7) is 9.08. The topological polar surface area (TPSA) is 87.6 Å². The number of carbonyl (C=O) groups is 2. The fourth-order valence-corrected chi connectivity index (χ4v) is 2.65. The van der Waals surface area contributed by atoms with E-state index in [2.05, 4.69) is 16.7 Å². The van der Waals surface area contributed by atoms with Crippen LogP contribution in [0, 0.1) is 0 Å². The molecule has 0 spiro atoms. The minimum atomic E-state index is -0.796. The summed E-state index contributed by atoms with van der Waals surface area (Å²) in [6.07, 6.45) is 0. The molecule has 1 aliphatic rings. The number of rotatable bonds is 5. The maximum atomic E-state index is 11.0. The number of carboxylic acids is 2. The third-order valence-corrected chi connectivity index (χ3v) is 4.23. The van der Waals surface area contributed by atoms with Gasteiger partial charge in [-0.3, -0.25) is 19.4 Å². The van der Waals surface area contributed by atoms with Gasteiger partial charge in [-0.15, -0.1) is 0 Å². The first-order valence-electron chi connectivity index (χ1n) is 8.20. The van der Waals surface area contributed by atoms with Gasteiger partial charge in [-0.05, 0) is 13.6 Å². The highest BCUT2D eigenvalue weighted by atomic mass is 16.4. The zero-order valence-corrected chi connectivity index (χ0v) is 14.3. The zero-order chi connectivity index (χ0) is 17.2. The Balaban J connectivity index is 2.66. The lowest BCUT2D eigenvalue weighted by atomic mass is 10.3. The fourth-order valence-electron chi connectivity index (χ4n) is 2.65. The molecule has 1 heterocycles. The molecule has 1 fully saturated rings. The van der Waals surface area contributed by atoms with Gasteiger partial charge >= 0.3 is 11.9 Å². The maximum Gasteiger partial charge on any atom is 0.317 e. The summed E-state index contributed by atoms with van der Waals surface area (Å²) in [6, 6.07) is 0. The third kappa shape index (κ3) is 8.85. The van der Waals surface area contributed by atoms with Gasteiger partial charge in [0, 0.05) is 52.4 Å². The van der Waals surface area contributed by atoms with Crippen LogP contribution in [0.3, 0.4) is 0 Å². The minimum absolute atomic E-state index is 0.0660. The van der Waals surface area contributed by atoms with Crippen LogP contribution in [0.5, 0.6) is 0 Å². The molecular weight excluding hydrogens is 300 g/mol. The normalized spacial score (nSPS) is 21.5. The van der Waals surface area contributed by atoms with Crippen LogP contribution in [-0.4, -0.2) is 121 Å². The molecule has 0 saturated carbocycles. The van der Waals surface area contributed by atoms with Gasteiger partial charge in [0.25, 0.3) is 0 Å². The van der Waals surface area contributed by atoms with Gasteiger partial charge in [-0.2, -0.15) is 0 Å². The van der Waals surface area contributed by atoms with Gasteiger partial charge in [0.15, 0.2) is 0 Å². The summed E-state index contributed by atoms with van der Waals surface area (Å²) in [4.78, 5) is 30.3. The van der Waals surface area contributed by atoms with Crippen LogP contribution in [-0.2, 0) is 9.59 Å². The first-order valence-corrected chi connectivity index (χ1v) is 8.20. The summed E-state index contributed by atoms with van der Waals surface area (Å²) in [5.74, 6) is -1.59. The zero-order valence-electron chi connectivity index (χ0n) is 14.3. The predicted octanol–water partition coefficient (Wildman–Crippen LogP) is -0.973. The van der Waals surface area contributed by atoms with Crippen molar-refractivity contribution in [3.8, 4) is 0 Å². The Kier molecular flexibility index (Phi) is 9.08. The van der Waals surface area contributed by atoms with E-state index in [1.165, 1.54) is 0 Å². The number of likely N-dealkylation sites (N-methyl/N-ethyl adjacent to an activating group) is 2. The van der Waals surface area contributed by atoms with E-state index in [4.69, 9.17) is 10.2 Å². The van der Waals surface area contributed by atoms with Gasteiger partial charge in [-0.25, -0.2) is 0 Å². The molecule has 23 heavy (non-hydrogen) atoms. The van der Waals surface area contributed by atoms with E-state index in [0.29, 0.717) is 26.2 Å². The third-order valence-electron chi connectivity index (χ3n) is 4.23. The second kappa shape index (κ2) is 10.5. The quantitative estimate of drug-likeness (QED) is 0.666. The van der Waals surface area contributed by atoms with Crippen LogP contribution in [0.1, 0.15) is 6.92 Å². The number of aliphatic carboxylic acids is 2. The molecule has 2 N–H and O–H groups in total. The summed E-state index contributed by atoms with van der Waals surface area (Å²) in [7, 11) is 1.99. The minimum Gasteiger partial charge on any atom is -0.480 e. The SMILES string of the molecule is CCN1CCN(CC(=O)O)CCN(C)CCN(CC(=O)O)CC1. The first kappa shape index (κ1) is 19.8. The summed E-state index contributed by atoms with van der Waals surface area (Å²) < 4.78 is 0. The monoisotopic (exact) mass is 330 g/mol. The molecule has 0 aromatic carbocycles. The number of hydrogen-bond donors (Lipinski definition) is 2. The van der Waals surface area contributed by atoms with Crippen LogP contribution in [0.4, 0.5) is 0 Å². The van der Waals surface area contributed by atoms with Crippen molar-refractivity contribution in [3.05, 3.63) is 0 Å². The smallest absolute Gasteiger partial charge is 0.317 e. The van der Waals surface area contributed by atoms with Crippen LogP contribution in [0.2, 0.25) is 0 Å². The molecule has 8 nitrogen and oxygen atoms in total. The van der Waals surface area contributed by atoms with E-state index >= 15 is 0 Å². The molecule has 1 aliphatic heterocycles. The molecule has 1 saturated heterocycles. The molecule has 0 aromatic heterocycles. The largest absolute Gasteiger partial charge is 0.480 e. The Morgan fingerprint density at radius 2 is 1.09 bits per heavy atom. The van der Waals surface area contributed by atoms with Crippen LogP contribution >= 0.6 is 0 Å². The average molecular weight is 330 g/mol. The van der Waals surface area contributed by atoms with Crippen LogP contribution < -0.4 is 0 Å². The summed E-state index contributed by atoms with van der Waals surface area (Å²) >= 11 is 0. The molecule has 0 bridgehead atoms. The number of nitrogens with zero attached hydrogens (tertiary/aromatic N) is 4. The van der Waals surface area contributed by atoms with Gasteiger partial charge < -0.3 is 20.0 Å². The van der Waals surface area contributed by atoms with Crippen LogP contribution in [0.25, 0.3) is 0 Å². The van der Waals surface area contributed by atoms with Gasteiger partial charge in [0.1, 0.15) is 0 Å². The van der Waals surface area contributed by atoms with Crippen molar-refractivity contribution in [1.29, 1.82) is 0 Å². The lowest BCUT2D eigenvalue weighted by Crippen LogP contribution is -2.46. The highest BCUT2D eigenvalue weighted by Crippen LogP contribution is 1.99. The van der Waals surface area contributed by atoms with Crippen molar-refractivity contribution in [3.63, 3.8) is 0 Å². The molecule has 0 amide bonds. The Labute approximate surface area is 138 Å². The highest BCUT2D eigenvalue weighted by Gasteiger charge is 2.16. The predicted molar refractivity (Wildman–Crippen MR) is 87.8 cm³/mol. The Morgan fingerprint density at radius 3 is 1.43 bits per heavy atom. The second-order valence-electron chi connectivity index (χ2n) is 6.08. The summed E-state index contributed by atoms with van der Waals surface area (Å²) in [5, 5.41) is 18.1. The van der Waals surface area contributed by atoms with Gasteiger partial charge in [0.2, 0.25) is 0 Å². The molecule has 0 atom stereocenters. The first-order chi connectivity index (χ1) is 10.9. The fraction of sp³-hybridized carbons (Fsp3) is 0.867. The molecule has 0 unspecified atom stereocenters. The van der Waals surface area contributed by atoms with Crippen LogP contribution in [0.15, 0.2) is 0 Å². The molecule has 134 valence electrons. The summed E-state index contributed by atoms with van der Waals surface area (Å²) in [5.41, 5.74) is 0. The molecule has 0 aliphatic carbocycles. The Hall–Kier alpha value is -1.22. The molecular formula is C15H30N4O4. The van der Waals surface area contributed by atoms with Crippen molar-refractivity contribution < 1.29 is 19.8 Å². The van der Waals surface area contributed by atoms with Crippen molar-refractivity contribution in [2.45, 2.75) is 6.92 Å². The van der Waals surface area contributed by atoms with Crippen molar-refractivity contribution in [1.82, 2.24) is 19.6 Å². The van der Waals surface area contributed by atoms with E-state index in [1.54, 1.807) is 0 Å². The average Bonchev–Trinajstić information content (AvgIpc) is 2.47. The van der Waals surface area contributed by atoms with E-state index in [0.717, 1.165) is 32.7 Å². The molecule has 0 aromatic rings. The molecule has 1 rings (SSSR count). The van der Waals surface area contributed by atoms with Crippen molar-refractivity contribution in [2.75, 3.05) is 79.0 Å². The Morgan fingerprint density at radius 1 is 0.739 bits per heavy atom. The van der Waals surface area contributed by atoms with E-state index in [9.17, 15) is 9.59 Å². The number of carboxylic acid groups (broad SMARTS) is 2. The lowest BCUT2D eigenvalue weighted by molar-refractivity contribution is -0.139. The number of hydrogen-bond acceptors (Lipinski definition) is 6. The van der Waals surface area contributed by atoms with E-state index in [1.807, 2.05) is 16.8 Å². The molecule has 8 heteroatoms.